The van der Waals surface area contributed by atoms with Gasteiger partial charge in [0.1, 0.15) is 0 Å². The average molecular weight is 172 g/mol. The third-order valence-corrected chi connectivity index (χ3v) is 1.53. The van der Waals surface area contributed by atoms with Crippen molar-refractivity contribution in [2.45, 2.75) is 13.8 Å². The maximum absolute atomic E-state index is 5.79. The molecule has 1 nitrogen and oxygen atoms in total. The van der Waals surface area contributed by atoms with Crippen molar-refractivity contribution in [2.75, 3.05) is 7.05 Å². The van der Waals surface area contributed by atoms with Crippen LogP contribution in [0.1, 0.15) is 13.8 Å². The molecular weight excluding hydrogens is 158 g/mol. The van der Waals surface area contributed by atoms with Crippen molar-refractivity contribution in [1.29, 1.82) is 0 Å². The lowest BCUT2D eigenvalue weighted by molar-refractivity contribution is 1.03. The van der Waals surface area contributed by atoms with Crippen LogP contribution in [0.2, 0.25) is 0 Å². The van der Waals surface area contributed by atoms with E-state index in [2.05, 4.69) is 5.32 Å². The summed E-state index contributed by atoms with van der Waals surface area (Å²) in [6, 6.07) is 0. The standard InChI is InChI=1S/C9H14ClN/c1-4-6-9(11-3)7-8(10)5-2/h4-7,11H,1-3H3/b6-4+,8-5+,9-7+. The second kappa shape index (κ2) is 6.05. The fourth-order valence-corrected chi connectivity index (χ4v) is 0.733. The Bertz CT molecular complexity index is 190. The molecule has 0 aliphatic rings. The Hall–Kier alpha value is -0.690. The first kappa shape index (κ1) is 10.3. The van der Waals surface area contributed by atoms with Crippen LogP contribution in [0.15, 0.2) is 35.0 Å². The minimum absolute atomic E-state index is 0.743. The Kier molecular flexibility index (Phi) is 5.67. The highest BCUT2D eigenvalue weighted by atomic mass is 35.5. The summed E-state index contributed by atoms with van der Waals surface area (Å²) in [6.07, 6.45) is 7.65. The molecule has 0 spiro atoms. The maximum atomic E-state index is 5.79. The number of likely N-dealkylation sites (N-methyl/N-ethyl adjacent to an activating group) is 1. The first-order valence-corrected chi connectivity index (χ1v) is 3.96. The molecule has 0 bridgehead atoms. The molecule has 62 valence electrons. The molecule has 0 aromatic carbocycles. The van der Waals surface area contributed by atoms with Gasteiger partial charge in [0.15, 0.2) is 0 Å². The zero-order valence-electron chi connectivity index (χ0n) is 7.19. The monoisotopic (exact) mass is 171 g/mol. The Morgan fingerprint density at radius 3 is 2.36 bits per heavy atom. The fraction of sp³-hybridized carbons (Fsp3) is 0.333. The third-order valence-electron chi connectivity index (χ3n) is 1.20. The van der Waals surface area contributed by atoms with Gasteiger partial charge in [-0.25, -0.2) is 0 Å². The van der Waals surface area contributed by atoms with Crippen LogP contribution in [0.25, 0.3) is 0 Å². The summed E-state index contributed by atoms with van der Waals surface area (Å²) < 4.78 is 0. The highest BCUT2D eigenvalue weighted by Gasteiger charge is 1.87. The quantitative estimate of drug-likeness (QED) is 0.644. The van der Waals surface area contributed by atoms with Gasteiger partial charge in [-0.1, -0.05) is 23.8 Å². The summed E-state index contributed by atoms with van der Waals surface area (Å²) in [7, 11) is 1.87. The summed E-state index contributed by atoms with van der Waals surface area (Å²) in [5.74, 6) is 0. The predicted molar refractivity (Wildman–Crippen MR) is 51.6 cm³/mol. The summed E-state index contributed by atoms with van der Waals surface area (Å²) in [5.41, 5.74) is 1.01. The van der Waals surface area contributed by atoms with E-state index in [1.165, 1.54) is 0 Å². The van der Waals surface area contributed by atoms with Crippen LogP contribution < -0.4 is 5.32 Å². The third kappa shape index (κ3) is 4.68. The van der Waals surface area contributed by atoms with E-state index >= 15 is 0 Å². The minimum atomic E-state index is 0.743. The lowest BCUT2D eigenvalue weighted by Gasteiger charge is -1.98. The van der Waals surface area contributed by atoms with Gasteiger partial charge in [0.25, 0.3) is 0 Å². The topological polar surface area (TPSA) is 12.0 Å². The number of nitrogens with one attached hydrogen (secondary N) is 1. The van der Waals surface area contributed by atoms with Crippen LogP contribution in [-0.2, 0) is 0 Å². The first-order chi connectivity index (χ1) is 5.24. The summed E-state index contributed by atoms with van der Waals surface area (Å²) in [6.45, 7) is 3.87. The van der Waals surface area contributed by atoms with Crippen molar-refractivity contribution in [1.82, 2.24) is 5.32 Å². The molecule has 0 atom stereocenters. The molecule has 11 heavy (non-hydrogen) atoms. The van der Waals surface area contributed by atoms with Gasteiger partial charge < -0.3 is 5.32 Å². The van der Waals surface area contributed by atoms with Crippen LogP contribution >= 0.6 is 11.6 Å². The first-order valence-electron chi connectivity index (χ1n) is 3.58. The molecular formula is C9H14ClN. The Morgan fingerprint density at radius 1 is 1.36 bits per heavy atom. The van der Waals surface area contributed by atoms with E-state index in [1.54, 1.807) is 0 Å². The fourth-order valence-electron chi connectivity index (χ4n) is 0.615. The van der Waals surface area contributed by atoms with Crippen molar-refractivity contribution < 1.29 is 0 Å². The van der Waals surface area contributed by atoms with Crippen LogP contribution in [0.4, 0.5) is 0 Å². The van der Waals surface area contributed by atoms with Crippen molar-refractivity contribution in [3.8, 4) is 0 Å². The van der Waals surface area contributed by atoms with Crippen LogP contribution in [0, 0.1) is 0 Å². The van der Waals surface area contributed by atoms with Crippen molar-refractivity contribution in [2.24, 2.45) is 0 Å². The van der Waals surface area contributed by atoms with Crippen molar-refractivity contribution >= 4 is 11.6 Å². The van der Waals surface area contributed by atoms with Gasteiger partial charge >= 0.3 is 0 Å². The molecule has 0 saturated heterocycles. The number of hydrogen-bond donors (Lipinski definition) is 1. The largest absolute Gasteiger partial charge is 0.388 e. The smallest absolute Gasteiger partial charge is 0.0383 e. The second-order valence-corrected chi connectivity index (χ2v) is 2.46. The van der Waals surface area contributed by atoms with E-state index in [-0.39, 0.29) is 0 Å². The Labute approximate surface area is 73.4 Å². The van der Waals surface area contributed by atoms with E-state index in [0.29, 0.717) is 0 Å². The molecule has 2 heteroatoms. The van der Waals surface area contributed by atoms with Gasteiger partial charge in [0.2, 0.25) is 0 Å². The molecule has 0 rings (SSSR count). The van der Waals surface area contributed by atoms with Crippen LogP contribution in [0.5, 0.6) is 0 Å². The zero-order valence-corrected chi connectivity index (χ0v) is 7.94. The number of hydrogen-bond acceptors (Lipinski definition) is 1. The zero-order chi connectivity index (χ0) is 8.69. The Morgan fingerprint density at radius 2 is 2.00 bits per heavy atom. The van der Waals surface area contributed by atoms with Gasteiger partial charge in [-0.2, -0.15) is 0 Å². The molecule has 0 unspecified atom stereocenters. The summed E-state index contributed by atoms with van der Waals surface area (Å²) in [5, 5.41) is 3.76. The van der Waals surface area contributed by atoms with Gasteiger partial charge in [0, 0.05) is 17.8 Å². The van der Waals surface area contributed by atoms with E-state index < -0.39 is 0 Å². The van der Waals surface area contributed by atoms with Gasteiger partial charge in [-0.3, -0.25) is 0 Å². The van der Waals surface area contributed by atoms with Crippen LogP contribution in [-0.4, -0.2) is 7.05 Å². The number of halogens is 1. The molecule has 0 fully saturated rings. The average Bonchev–Trinajstić information content (AvgIpc) is 2.03. The second-order valence-electron chi connectivity index (χ2n) is 2.02. The predicted octanol–water partition coefficient (Wildman–Crippen LogP) is 2.81. The van der Waals surface area contributed by atoms with E-state index in [1.807, 2.05) is 45.2 Å². The summed E-state index contributed by atoms with van der Waals surface area (Å²) in [4.78, 5) is 0. The van der Waals surface area contributed by atoms with E-state index in [4.69, 9.17) is 11.6 Å². The highest BCUT2D eigenvalue weighted by molar-refractivity contribution is 6.31. The van der Waals surface area contributed by atoms with E-state index in [9.17, 15) is 0 Å². The maximum Gasteiger partial charge on any atom is 0.0383 e. The van der Waals surface area contributed by atoms with Gasteiger partial charge in [-0.15, -0.1) is 0 Å². The molecule has 0 heterocycles. The number of rotatable bonds is 3. The normalized spacial score (nSPS) is 14.2. The molecule has 0 aliphatic carbocycles. The molecule has 0 aliphatic heterocycles. The lowest BCUT2D eigenvalue weighted by atomic mass is 10.3. The van der Waals surface area contributed by atoms with Gasteiger partial charge in [-0.05, 0) is 26.0 Å². The molecule has 0 saturated carbocycles. The molecule has 0 aromatic rings. The number of allylic oxidation sites excluding steroid dienone is 5. The van der Waals surface area contributed by atoms with Gasteiger partial charge in [0.05, 0.1) is 0 Å². The molecule has 1 N–H and O–H groups in total. The van der Waals surface area contributed by atoms with E-state index in [0.717, 1.165) is 10.7 Å². The lowest BCUT2D eigenvalue weighted by Crippen LogP contribution is -2.02. The molecule has 0 radical (unpaired) electrons. The summed E-state index contributed by atoms with van der Waals surface area (Å²) >= 11 is 5.79. The Balaban J connectivity index is 4.35. The minimum Gasteiger partial charge on any atom is -0.388 e. The highest BCUT2D eigenvalue weighted by Crippen LogP contribution is 2.05. The van der Waals surface area contributed by atoms with Crippen molar-refractivity contribution in [3.05, 3.63) is 35.0 Å². The molecule has 0 aromatic heterocycles. The van der Waals surface area contributed by atoms with Crippen LogP contribution in [0.3, 0.4) is 0 Å². The van der Waals surface area contributed by atoms with Crippen molar-refractivity contribution in [3.63, 3.8) is 0 Å². The SMILES string of the molecule is C/C=C/C(=C\C(Cl)=C/C)NC. The molecule has 0 amide bonds.